The van der Waals surface area contributed by atoms with Crippen molar-refractivity contribution in [2.75, 3.05) is 19.6 Å². The number of hydrogen-bond acceptors (Lipinski definition) is 2. The van der Waals surface area contributed by atoms with Crippen LogP contribution in [0.5, 0.6) is 0 Å². The zero-order valence-electron chi connectivity index (χ0n) is 10.5. The number of fused-ring (bicyclic) bond motifs is 1. The van der Waals surface area contributed by atoms with Crippen molar-refractivity contribution in [1.29, 1.82) is 0 Å². The molecule has 0 aliphatic carbocycles. The molecule has 1 aromatic rings. The Morgan fingerprint density at radius 3 is 3.05 bits per heavy atom. The van der Waals surface area contributed by atoms with Crippen LogP contribution in [0.15, 0.2) is 22.7 Å². The van der Waals surface area contributed by atoms with Gasteiger partial charge in [-0.15, -0.1) is 0 Å². The van der Waals surface area contributed by atoms with E-state index >= 15 is 0 Å². The van der Waals surface area contributed by atoms with Gasteiger partial charge in [0.25, 0.3) is 5.91 Å². The van der Waals surface area contributed by atoms with Gasteiger partial charge in [-0.25, -0.2) is 0 Å². The highest BCUT2D eigenvalue weighted by Gasteiger charge is 2.37. The Labute approximate surface area is 126 Å². The van der Waals surface area contributed by atoms with Gasteiger partial charge < -0.3 is 10.2 Å². The van der Waals surface area contributed by atoms with Crippen LogP contribution < -0.4 is 5.32 Å². The molecule has 3 nitrogen and oxygen atoms in total. The van der Waals surface area contributed by atoms with Crippen molar-refractivity contribution in [2.45, 2.75) is 18.9 Å². The van der Waals surface area contributed by atoms with Crippen LogP contribution in [0.1, 0.15) is 23.2 Å². The molecule has 0 aromatic heterocycles. The summed E-state index contributed by atoms with van der Waals surface area (Å²) in [6.45, 7) is 2.78. The van der Waals surface area contributed by atoms with Crippen molar-refractivity contribution < 1.29 is 4.79 Å². The van der Waals surface area contributed by atoms with Crippen molar-refractivity contribution in [1.82, 2.24) is 10.2 Å². The van der Waals surface area contributed by atoms with E-state index in [4.69, 9.17) is 11.6 Å². The first-order valence-corrected chi connectivity index (χ1v) is 7.80. The van der Waals surface area contributed by atoms with Gasteiger partial charge in [-0.3, -0.25) is 4.79 Å². The van der Waals surface area contributed by atoms with Gasteiger partial charge in [0.15, 0.2) is 0 Å². The summed E-state index contributed by atoms with van der Waals surface area (Å²) in [5.74, 6) is 0.669. The molecule has 2 aliphatic heterocycles. The maximum Gasteiger partial charge on any atom is 0.255 e. The molecule has 5 heteroatoms. The molecule has 0 saturated carbocycles. The lowest BCUT2D eigenvalue weighted by atomic mass is 9.91. The van der Waals surface area contributed by atoms with Crippen molar-refractivity contribution in [3.05, 3.63) is 33.3 Å². The molecule has 0 radical (unpaired) electrons. The third-order valence-electron chi connectivity index (χ3n) is 4.10. The summed E-state index contributed by atoms with van der Waals surface area (Å²) in [4.78, 5) is 14.7. The Hall–Kier alpha value is -0.580. The maximum absolute atomic E-state index is 12.7. The van der Waals surface area contributed by atoms with Crippen LogP contribution >= 0.6 is 27.5 Å². The Morgan fingerprint density at radius 1 is 1.42 bits per heavy atom. The lowest BCUT2D eigenvalue weighted by Gasteiger charge is -2.37. The molecule has 2 unspecified atom stereocenters. The second-order valence-electron chi connectivity index (χ2n) is 5.25. The average molecular weight is 344 g/mol. The van der Waals surface area contributed by atoms with Gasteiger partial charge in [0, 0.05) is 30.1 Å². The van der Waals surface area contributed by atoms with Gasteiger partial charge in [0.05, 0.1) is 10.6 Å². The van der Waals surface area contributed by atoms with E-state index in [1.54, 1.807) is 12.1 Å². The average Bonchev–Trinajstić information content (AvgIpc) is 2.86. The van der Waals surface area contributed by atoms with Crippen LogP contribution in [-0.4, -0.2) is 36.5 Å². The number of nitrogens with zero attached hydrogens (tertiary/aromatic N) is 1. The fraction of sp³-hybridized carbons (Fsp3) is 0.500. The lowest BCUT2D eigenvalue weighted by molar-refractivity contribution is 0.0575. The lowest BCUT2D eigenvalue weighted by Crippen LogP contribution is -2.48. The number of hydrogen-bond donors (Lipinski definition) is 1. The second-order valence-corrected chi connectivity index (χ2v) is 6.57. The minimum atomic E-state index is 0.0656. The number of carbonyl (C=O) groups excluding carboxylic acids is 1. The summed E-state index contributed by atoms with van der Waals surface area (Å²) in [6.07, 6.45) is 2.30. The Kier molecular flexibility index (Phi) is 3.83. The molecule has 2 atom stereocenters. The third-order valence-corrected chi connectivity index (χ3v) is 4.91. The number of halogens is 2. The zero-order chi connectivity index (χ0) is 13.4. The van der Waals surface area contributed by atoms with Crippen LogP contribution in [0.25, 0.3) is 0 Å². The number of rotatable bonds is 1. The first kappa shape index (κ1) is 13.4. The molecule has 1 amide bonds. The molecule has 102 valence electrons. The van der Waals surface area contributed by atoms with Crippen LogP contribution in [-0.2, 0) is 0 Å². The Morgan fingerprint density at radius 2 is 2.26 bits per heavy atom. The van der Waals surface area contributed by atoms with Gasteiger partial charge in [0.1, 0.15) is 0 Å². The summed E-state index contributed by atoms with van der Waals surface area (Å²) in [5.41, 5.74) is 0.609. The maximum atomic E-state index is 12.7. The number of amides is 1. The predicted molar refractivity (Wildman–Crippen MR) is 79.6 cm³/mol. The van der Waals surface area contributed by atoms with E-state index in [9.17, 15) is 4.79 Å². The molecule has 1 aromatic carbocycles. The molecule has 0 bridgehead atoms. The molecule has 3 rings (SSSR count). The highest BCUT2D eigenvalue weighted by atomic mass is 79.9. The van der Waals surface area contributed by atoms with Gasteiger partial charge in [-0.05, 0) is 37.0 Å². The van der Waals surface area contributed by atoms with Crippen LogP contribution in [0.2, 0.25) is 5.02 Å². The van der Waals surface area contributed by atoms with Gasteiger partial charge in [-0.1, -0.05) is 27.5 Å². The second kappa shape index (κ2) is 5.43. The third kappa shape index (κ3) is 2.54. The van der Waals surface area contributed by atoms with E-state index in [1.165, 1.54) is 6.42 Å². The highest BCUT2D eigenvalue weighted by molar-refractivity contribution is 9.10. The highest BCUT2D eigenvalue weighted by Crippen LogP contribution is 2.30. The van der Waals surface area contributed by atoms with Crippen LogP contribution in [0, 0.1) is 5.92 Å². The van der Waals surface area contributed by atoms with E-state index in [1.807, 2.05) is 11.0 Å². The Bertz CT molecular complexity index is 508. The summed E-state index contributed by atoms with van der Waals surface area (Å²) >= 11 is 9.56. The molecule has 2 fully saturated rings. The predicted octanol–water partition coefficient (Wildman–Crippen LogP) is 2.93. The van der Waals surface area contributed by atoms with Crippen molar-refractivity contribution in [2.24, 2.45) is 5.92 Å². The fourth-order valence-electron chi connectivity index (χ4n) is 3.14. The quantitative estimate of drug-likeness (QED) is 0.850. The minimum Gasteiger partial charge on any atom is -0.334 e. The van der Waals surface area contributed by atoms with Crippen molar-refractivity contribution >= 4 is 33.4 Å². The monoisotopic (exact) mass is 342 g/mol. The summed E-state index contributed by atoms with van der Waals surface area (Å²) < 4.78 is 0.896. The molecular formula is C14H16BrClN2O. The van der Waals surface area contributed by atoms with Crippen molar-refractivity contribution in [3.63, 3.8) is 0 Å². The van der Waals surface area contributed by atoms with Gasteiger partial charge in [-0.2, -0.15) is 0 Å². The number of likely N-dealkylation sites (tertiary alicyclic amines) is 1. The summed E-state index contributed by atoms with van der Waals surface area (Å²) in [7, 11) is 0. The van der Waals surface area contributed by atoms with Crippen molar-refractivity contribution in [3.8, 4) is 0 Å². The van der Waals surface area contributed by atoms with E-state index in [0.717, 1.165) is 30.5 Å². The number of carbonyl (C=O) groups is 1. The topological polar surface area (TPSA) is 32.3 Å². The molecule has 2 heterocycles. The fourth-order valence-corrected chi connectivity index (χ4v) is 3.89. The molecule has 19 heavy (non-hydrogen) atoms. The normalized spacial score (nSPS) is 26.3. The van der Waals surface area contributed by atoms with E-state index < -0.39 is 0 Å². The first-order chi connectivity index (χ1) is 9.16. The standard InChI is InChI=1S/C14H16BrClN2O/c15-10-3-4-11(12(16)6-10)14(19)18-5-1-2-9-7-17-8-13(9)18/h3-4,6,9,13,17H,1-2,5,7-8H2. The number of benzene rings is 1. The largest absolute Gasteiger partial charge is 0.334 e. The van der Waals surface area contributed by atoms with E-state index in [-0.39, 0.29) is 5.91 Å². The van der Waals surface area contributed by atoms with Gasteiger partial charge >= 0.3 is 0 Å². The van der Waals surface area contributed by atoms with Crippen LogP contribution in [0.3, 0.4) is 0 Å². The zero-order valence-corrected chi connectivity index (χ0v) is 12.9. The Balaban J connectivity index is 1.86. The first-order valence-electron chi connectivity index (χ1n) is 6.63. The molecular weight excluding hydrogens is 328 g/mol. The van der Waals surface area contributed by atoms with E-state index in [0.29, 0.717) is 22.5 Å². The van der Waals surface area contributed by atoms with E-state index in [2.05, 4.69) is 21.2 Å². The number of piperidine rings is 1. The smallest absolute Gasteiger partial charge is 0.255 e. The molecule has 2 aliphatic rings. The molecule has 1 N–H and O–H groups in total. The summed E-state index contributed by atoms with van der Waals surface area (Å²) in [6, 6.07) is 5.79. The van der Waals surface area contributed by atoms with Gasteiger partial charge in [0.2, 0.25) is 0 Å². The number of nitrogens with one attached hydrogen (secondary N) is 1. The molecule has 0 spiro atoms. The molecule has 2 saturated heterocycles. The minimum absolute atomic E-state index is 0.0656. The SMILES string of the molecule is O=C(c1ccc(Br)cc1Cl)N1CCCC2CNCC21. The van der Waals surface area contributed by atoms with Crippen LogP contribution in [0.4, 0.5) is 0 Å². The summed E-state index contributed by atoms with van der Waals surface area (Å²) in [5, 5.41) is 3.91.